The summed E-state index contributed by atoms with van der Waals surface area (Å²) in [6.07, 6.45) is 3.53. The largest absolute Gasteiger partial charge is 0.494 e. The van der Waals surface area contributed by atoms with E-state index in [1.807, 2.05) is 25.1 Å². The molecule has 0 saturated heterocycles. The number of hydrogen-bond donors (Lipinski definition) is 2. The quantitative estimate of drug-likeness (QED) is 0.631. The van der Waals surface area contributed by atoms with Crippen molar-refractivity contribution >= 4 is 11.4 Å². The normalized spacial score (nSPS) is 10.4. The molecule has 0 bridgehead atoms. The molecule has 0 aliphatic carbocycles. The maximum atomic E-state index is 6.28. The summed E-state index contributed by atoms with van der Waals surface area (Å²) in [5, 5.41) is 3.27. The molecule has 21 heavy (non-hydrogen) atoms. The van der Waals surface area contributed by atoms with Gasteiger partial charge in [-0.3, -0.25) is 4.98 Å². The van der Waals surface area contributed by atoms with Crippen LogP contribution >= 0.6 is 0 Å². The Labute approximate surface area is 125 Å². The lowest BCUT2D eigenvalue weighted by Gasteiger charge is -2.18. The van der Waals surface area contributed by atoms with Crippen molar-refractivity contribution in [2.45, 2.75) is 6.92 Å². The zero-order valence-electron chi connectivity index (χ0n) is 12.6. The third-order valence-electron chi connectivity index (χ3n) is 3.42. The van der Waals surface area contributed by atoms with Gasteiger partial charge in [-0.05, 0) is 41.8 Å². The minimum absolute atomic E-state index is 0.605. The zero-order valence-corrected chi connectivity index (χ0v) is 12.6. The van der Waals surface area contributed by atoms with Gasteiger partial charge in [0.1, 0.15) is 11.4 Å². The van der Waals surface area contributed by atoms with Crippen LogP contribution < -0.4 is 15.8 Å². The number of rotatable bonds is 6. The summed E-state index contributed by atoms with van der Waals surface area (Å²) in [7, 11) is 3.31. The Kier molecular flexibility index (Phi) is 5.00. The third kappa shape index (κ3) is 3.25. The van der Waals surface area contributed by atoms with Gasteiger partial charge in [0.15, 0.2) is 0 Å². The van der Waals surface area contributed by atoms with Gasteiger partial charge in [0.25, 0.3) is 0 Å². The molecule has 2 aromatic rings. The highest BCUT2D eigenvalue weighted by Gasteiger charge is 2.14. The molecular formula is C16H21N3O2. The summed E-state index contributed by atoms with van der Waals surface area (Å²) in [5.74, 6) is 0.723. The average molecular weight is 287 g/mol. The number of aromatic nitrogens is 1. The lowest BCUT2D eigenvalue weighted by atomic mass is 9.98. The number of anilines is 2. The minimum Gasteiger partial charge on any atom is -0.494 e. The molecule has 0 atom stereocenters. The van der Waals surface area contributed by atoms with Crippen LogP contribution in [0.1, 0.15) is 5.56 Å². The summed E-state index contributed by atoms with van der Waals surface area (Å²) < 4.78 is 10.5. The Bertz CT molecular complexity index is 600. The number of nitrogens with zero attached hydrogens (tertiary/aromatic N) is 1. The van der Waals surface area contributed by atoms with Crippen LogP contribution in [0.4, 0.5) is 11.4 Å². The molecular weight excluding hydrogens is 266 g/mol. The van der Waals surface area contributed by atoms with E-state index in [2.05, 4.69) is 10.3 Å². The molecule has 112 valence electrons. The van der Waals surface area contributed by atoms with Gasteiger partial charge < -0.3 is 20.5 Å². The summed E-state index contributed by atoms with van der Waals surface area (Å²) in [6, 6.07) is 5.91. The predicted octanol–water partition coefficient (Wildman–Crippen LogP) is 2.71. The minimum atomic E-state index is 0.605. The smallest absolute Gasteiger partial charge is 0.144 e. The van der Waals surface area contributed by atoms with E-state index in [9.17, 15) is 0 Å². The molecule has 5 heteroatoms. The van der Waals surface area contributed by atoms with E-state index in [0.29, 0.717) is 18.8 Å². The highest BCUT2D eigenvalue weighted by Crippen LogP contribution is 2.39. The topological polar surface area (TPSA) is 69.4 Å². The fourth-order valence-electron chi connectivity index (χ4n) is 2.23. The molecule has 1 heterocycles. The molecule has 1 aromatic carbocycles. The molecule has 0 radical (unpaired) electrons. The lowest BCUT2D eigenvalue weighted by Crippen LogP contribution is -2.11. The number of nitrogen functional groups attached to an aromatic ring is 1. The predicted molar refractivity (Wildman–Crippen MR) is 85.7 cm³/mol. The first kappa shape index (κ1) is 15.1. The standard InChI is InChI=1S/C16H21N3O2/c1-11-13(12-4-6-18-7-5-12)10-14(21-3)16(15(11)17)19-8-9-20-2/h4-7,10,19H,8-9,17H2,1-3H3. The van der Waals surface area contributed by atoms with E-state index in [0.717, 1.165) is 28.1 Å². The van der Waals surface area contributed by atoms with E-state index < -0.39 is 0 Å². The van der Waals surface area contributed by atoms with Crippen LogP contribution in [-0.2, 0) is 4.74 Å². The molecule has 3 N–H and O–H groups in total. The Morgan fingerprint density at radius 2 is 1.95 bits per heavy atom. The van der Waals surface area contributed by atoms with E-state index in [4.69, 9.17) is 15.2 Å². The van der Waals surface area contributed by atoms with Gasteiger partial charge in [-0.2, -0.15) is 0 Å². The lowest BCUT2D eigenvalue weighted by molar-refractivity contribution is 0.210. The Morgan fingerprint density at radius 1 is 1.24 bits per heavy atom. The number of nitrogens with two attached hydrogens (primary N) is 1. The Hall–Kier alpha value is -2.27. The summed E-state index contributed by atoms with van der Waals surface area (Å²) in [6.45, 7) is 3.28. The number of methoxy groups -OCH3 is 2. The highest BCUT2D eigenvalue weighted by molar-refractivity contribution is 5.85. The molecule has 0 aliphatic rings. The molecule has 1 aromatic heterocycles. The van der Waals surface area contributed by atoms with E-state index in [1.54, 1.807) is 26.6 Å². The molecule has 0 unspecified atom stereocenters. The van der Waals surface area contributed by atoms with Crippen LogP contribution in [0.3, 0.4) is 0 Å². The second-order valence-electron chi connectivity index (χ2n) is 4.70. The summed E-state index contributed by atoms with van der Waals surface area (Å²) in [4.78, 5) is 4.04. The zero-order chi connectivity index (χ0) is 15.2. The van der Waals surface area contributed by atoms with E-state index in [1.165, 1.54) is 0 Å². The van der Waals surface area contributed by atoms with Gasteiger partial charge in [-0.1, -0.05) is 0 Å². The number of benzene rings is 1. The Balaban J connectivity index is 2.44. The average Bonchev–Trinajstić information content (AvgIpc) is 2.52. The van der Waals surface area contributed by atoms with Crippen molar-refractivity contribution in [1.82, 2.24) is 4.98 Å². The van der Waals surface area contributed by atoms with Gasteiger partial charge in [0.05, 0.1) is 19.4 Å². The number of ether oxygens (including phenoxy) is 2. The third-order valence-corrected chi connectivity index (χ3v) is 3.42. The van der Waals surface area contributed by atoms with Crippen molar-refractivity contribution in [3.05, 3.63) is 36.2 Å². The van der Waals surface area contributed by atoms with Gasteiger partial charge in [0.2, 0.25) is 0 Å². The van der Waals surface area contributed by atoms with Crippen molar-refractivity contribution in [3.8, 4) is 16.9 Å². The molecule has 2 rings (SSSR count). The second-order valence-corrected chi connectivity index (χ2v) is 4.70. The summed E-state index contributed by atoms with van der Waals surface area (Å²) >= 11 is 0. The molecule has 0 spiro atoms. The molecule has 0 aliphatic heterocycles. The van der Waals surface area contributed by atoms with E-state index in [-0.39, 0.29) is 0 Å². The first-order chi connectivity index (χ1) is 10.2. The molecule has 0 amide bonds. The van der Waals surface area contributed by atoms with Crippen LogP contribution in [0, 0.1) is 6.92 Å². The SMILES string of the molecule is COCCNc1c(OC)cc(-c2ccncc2)c(C)c1N. The monoisotopic (exact) mass is 287 g/mol. The van der Waals surface area contributed by atoms with Crippen LogP contribution in [0.25, 0.3) is 11.1 Å². The number of hydrogen-bond acceptors (Lipinski definition) is 5. The molecule has 0 fully saturated rings. The maximum absolute atomic E-state index is 6.28. The first-order valence-electron chi connectivity index (χ1n) is 6.79. The highest BCUT2D eigenvalue weighted by atomic mass is 16.5. The van der Waals surface area contributed by atoms with Crippen molar-refractivity contribution in [2.24, 2.45) is 0 Å². The van der Waals surface area contributed by atoms with Crippen LogP contribution in [0.15, 0.2) is 30.6 Å². The van der Waals surface area contributed by atoms with Crippen molar-refractivity contribution < 1.29 is 9.47 Å². The number of nitrogens with one attached hydrogen (secondary N) is 1. The van der Waals surface area contributed by atoms with Crippen molar-refractivity contribution in [3.63, 3.8) is 0 Å². The van der Waals surface area contributed by atoms with Crippen LogP contribution in [0.2, 0.25) is 0 Å². The summed E-state index contributed by atoms with van der Waals surface area (Å²) in [5.41, 5.74) is 10.9. The second kappa shape index (κ2) is 6.95. The molecule has 5 nitrogen and oxygen atoms in total. The van der Waals surface area contributed by atoms with Gasteiger partial charge in [-0.15, -0.1) is 0 Å². The van der Waals surface area contributed by atoms with Crippen molar-refractivity contribution in [1.29, 1.82) is 0 Å². The fourth-order valence-corrected chi connectivity index (χ4v) is 2.23. The van der Waals surface area contributed by atoms with Crippen LogP contribution in [-0.4, -0.2) is 32.4 Å². The first-order valence-corrected chi connectivity index (χ1v) is 6.79. The maximum Gasteiger partial charge on any atom is 0.144 e. The number of pyridine rings is 1. The van der Waals surface area contributed by atoms with Gasteiger partial charge >= 0.3 is 0 Å². The van der Waals surface area contributed by atoms with Crippen LogP contribution in [0.5, 0.6) is 5.75 Å². The van der Waals surface area contributed by atoms with Crippen molar-refractivity contribution in [2.75, 3.05) is 38.4 Å². The van der Waals surface area contributed by atoms with E-state index >= 15 is 0 Å². The molecule has 0 saturated carbocycles. The fraction of sp³-hybridized carbons (Fsp3) is 0.312. The van der Waals surface area contributed by atoms with Gasteiger partial charge in [-0.25, -0.2) is 0 Å². The Morgan fingerprint density at radius 3 is 2.57 bits per heavy atom. The van der Waals surface area contributed by atoms with Gasteiger partial charge in [0, 0.05) is 26.0 Å².